The van der Waals surface area contributed by atoms with Crippen LogP contribution in [0.25, 0.3) is 11.0 Å². The molecule has 1 amide bonds. The molecular weight excluding hydrogens is 606 g/mol. The lowest BCUT2D eigenvalue weighted by atomic mass is 10.1. The molecule has 0 saturated carbocycles. The first-order valence-corrected chi connectivity index (χ1v) is 15.4. The van der Waals surface area contributed by atoms with Gasteiger partial charge in [-0.15, -0.1) is 10.2 Å². The molecule has 3 aromatic heterocycles. The Balaban J connectivity index is 1.34. The molecule has 0 bridgehead atoms. The number of anilines is 1. The predicted octanol–water partition coefficient (Wildman–Crippen LogP) is 3.56. The smallest absolute Gasteiger partial charge is 0.407 e. The summed E-state index contributed by atoms with van der Waals surface area (Å²) >= 11 is 0. The van der Waals surface area contributed by atoms with Gasteiger partial charge < -0.3 is 24.1 Å². The van der Waals surface area contributed by atoms with Crippen LogP contribution in [0.3, 0.4) is 0 Å². The molecule has 0 aliphatic heterocycles. The highest BCUT2D eigenvalue weighted by Gasteiger charge is 2.25. The summed E-state index contributed by atoms with van der Waals surface area (Å²) in [7, 11) is -2.74. The SMILES string of the molecule is CCc1ccc(OCc2nn[nH]n2)c(S(=O)(=O)Nc2noc3cc(Cn4cc(CNC(=O)OC(C)(C)C)cn4)cc(OC)c23)c1. The van der Waals surface area contributed by atoms with Gasteiger partial charge in [-0.3, -0.25) is 9.40 Å². The van der Waals surface area contributed by atoms with Gasteiger partial charge in [0.15, 0.2) is 18.0 Å². The van der Waals surface area contributed by atoms with Crippen LogP contribution in [0.1, 0.15) is 50.2 Å². The summed E-state index contributed by atoms with van der Waals surface area (Å²) < 4.78 is 53.6. The highest BCUT2D eigenvalue weighted by Crippen LogP contribution is 2.36. The fourth-order valence-corrected chi connectivity index (χ4v) is 5.54. The number of hydrogen-bond acceptors (Lipinski definition) is 12. The third kappa shape index (κ3) is 7.67. The normalized spacial score (nSPS) is 11.8. The van der Waals surface area contributed by atoms with Crippen molar-refractivity contribution in [2.24, 2.45) is 0 Å². The number of aryl methyl sites for hydroxylation is 1. The van der Waals surface area contributed by atoms with E-state index >= 15 is 0 Å². The van der Waals surface area contributed by atoms with Gasteiger partial charge in [0.1, 0.15) is 27.4 Å². The van der Waals surface area contributed by atoms with Crippen LogP contribution >= 0.6 is 0 Å². The highest BCUT2D eigenvalue weighted by molar-refractivity contribution is 7.92. The lowest BCUT2D eigenvalue weighted by Crippen LogP contribution is -2.32. The van der Waals surface area contributed by atoms with Crippen LogP contribution in [0.15, 0.2) is 52.1 Å². The lowest BCUT2D eigenvalue weighted by Gasteiger charge is -2.19. The van der Waals surface area contributed by atoms with Crippen LogP contribution in [0.5, 0.6) is 11.5 Å². The van der Waals surface area contributed by atoms with Crippen molar-refractivity contribution in [2.75, 3.05) is 11.8 Å². The van der Waals surface area contributed by atoms with Crippen molar-refractivity contribution in [3.05, 3.63) is 65.2 Å². The van der Waals surface area contributed by atoms with Crippen LogP contribution in [-0.2, 0) is 40.9 Å². The van der Waals surface area contributed by atoms with E-state index in [4.69, 9.17) is 18.7 Å². The van der Waals surface area contributed by atoms with E-state index in [9.17, 15) is 13.2 Å². The average molecular weight is 640 g/mol. The number of rotatable bonds is 12. The van der Waals surface area contributed by atoms with Gasteiger partial charge in [-0.2, -0.15) is 10.3 Å². The van der Waals surface area contributed by atoms with Gasteiger partial charge in [0.25, 0.3) is 10.0 Å². The van der Waals surface area contributed by atoms with Crippen LogP contribution in [0.4, 0.5) is 10.6 Å². The van der Waals surface area contributed by atoms with Crippen molar-refractivity contribution in [2.45, 2.75) is 64.3 Å². The molecule has 0 fully saturated rings. The first kappa shape index (κ1) is 31.2. The third-order valence-electron chi connectivity index (χ3n) is 6.37. The minimum absolute atomic E-state index is 0.0472. The van der Waals surface area contributed by atoms with Crippen LogP contribution in [0.2, 0.25) is 0 Å². The van der Waals surface area contributed by atoms with E-state index in [0.29, 0.717) is 29.7 Å². The number of fused-ring (bicyclic) bond motifs is 1. The molecule has 238 valence electrons. The topological polar surface area (TPSA) is 201 Å². The largest absolute Gasteiger partial charge is 0.496 e. The molecule has 3 N–H and O–H groups in total. The Labute approximate surface area is 258 Å². The first-order valence-electron chi connectivity index (χ1n) is 13.9. The van der Waals surface area contributed by atoms with E-state index in [0.717, 1.165) is 16.7 Å². The van der Waals surface area contributed by atoms with Crippen molar-refractivity contribution in [3.63, 3.8) is 0 Å². The van der Waals surface area contributed by atoms with E-state index in [-0.39, 0.29) is 35.4 Å². The fraction of sp³-hybridized carbons (Fsp3) is 0.357. The average Bonchev–Trinajstić information content (AvgIpc) is 3.76. The predicted molar refractivity (Wildman–Crippen MR) is 160 cm³/mol. The quantitative estimate of drug-likeness (QED) is 0.179. The Kier molecular flexibility index (Phi) is 8.89. The number of hydrogen-bond donors (Lipinski definition) is 3. The van der Waals surface area contributed by atoms with Crippen molar-refractivity contribution < 1.29 is 31.9 Å². The van der Waals surface area contributed by atoms with Gasteiger partial charge in [-0.05, 0) is 62.6 Å². The van der Waals surface area contributed by atoms with Gasteiger partial charge >= 0.3 is 6.09 Å². The second-order valence-electron chi connectivity index (χ2n) is 11.0. The molecule has 0 aliphatic rings. The number of carbonyl (C=O) groups is 1. The second-order valence-corrected chi connectivity index (χ2v) is 12.6. The summed E-state index contributed by atoms with van der Waals surface area (Å²) in [6.45, 7) is 7.78. The third-order valence-corrected chi connectivity index (χ3v) is 7.73. The summed E-state index contributed by atoms with van der Waals surface area (Å²) in [5, 5.41) is 24.9. The van der Waals surface area contributed by atoms with Crippen LogP contribution in [0, 0.1) is 0 Å². The monoisotopic (exact) mass is 639 g/mol. The molecule has 0 radical (unpaired) electrons. The first-order chi connectivity index (χ1) is 21.4. The Morgan fingerprint density at radius 3 is 2.64 bits per heavy atom. The number of benzene rings is 2. The van der Waals surface area contributed by atoms with Gasteiger partial charge in [-0.1, -0.05) is 23.4 Å². The standard InChI is InChI=1S/C28H33N9O7S/c1-6-17-7-8-20(42-16-24-31-35-36-32-24)23(11-17)45(39,40)34-26-25-21(41-5)9-18(10-22(25)44-33-26)14-37-15-19(13-30-37)12-29-27(38)43-28(2,3)4/h7-11,13,15H,6,12,14,16H2,1-5H3,(H,29,38)(H,33,34)(H,31,32,35,36). The minimum atomic E-state index is -4.20. The molecular formula is C28H33N9O7S. The number of nitrogens with zero attached hydrogens (tertiary/aromatic N) is 6. The molecule has 0 saturated heterocycles. The lowest BCUT2D eigenvalue weighted by molar-refractivity contribution is 0.0523. The Bertz CT molecular complexity index is 1890. The number of alkyl carbamates (subject to hydrolysis) is 1. The molecule has 16 nitrogen and oxygen atoms in total. The van der Waals surface area contributed by atoms with Crippen molar-refractivity contribution in [3.8, 4) is 11.5 Å². The molecule has 5 aromatic rings. The maximum absolute atomic E-state index is 13.7. The molecule has 5 rings (SSSR count). The van der Waals surface area contributed by atoms with E-state index in [1.807, 2.05) is 6.92 Å². The number of tetrazole rings is 1. The fourth-order valence-electron chi connectivity index (χ4n) is 4.34. The molecule has 2 aromatic carbocycles. The van der Waals surface area contributed by atoms with E-state index in [2.05, 4.69) is 40.9 Å². The molecule has 0 atom stereocenters. The molecule has 3 heterocycles. The number of H-pyrrole nitrogens is 1. The van der Waals surface area contributed by atoms with Crippen molar-refractivity contribution in [1.29, 1.82) is 0 Å². The summed E-state index contributed by atoms with van der Waals surface area (Å²) in [5.41, 5.74) is 2.03. The van der Waals surface area contributed by atoms with Gasteiger partial charge in [-0.25, -0.2) is 13.2 Å². The number of ether oxygens (including phenoxy) is 3. The number of aromatic nitrogens is 7. The molecule has 45 heavy (non-hydrogen) atoms. The number of carbonyl (C=O) groups excluding carboxylic acids is 1. The van der Waals surface area contributed by atoms with Gasteiger partial charge in [0.05, 0.1) is 19.9 Å². The van der Waals surface area contributed by atoms with E-state index < -0.39 is 21.7 Å². The minimum Gasteiger partial charge on any atom is -0.496 e. The number of sulfonamides is 1. The van der Waals surface area contributed by atoms with Gasteiger partial charge in [0.2, 0.25) is 5.82 Å². The van der Waals surface area contributed by atoms with Crippen molar-refractivity contribution >= 4 is 32.9 Å². The summed E-state index contributed by atoms with van der Waals surface area (Å²) in [5.74, 6) is 0.662. The Hall–Kier alpha value is -5.19. The van der Waals surface area contributed by atoms with Crippen LogP contribution < -0.4 is 19.5 Å². The summed E-state index contributed by atoms with van der Waals surface area (Å²) in [6.07, 6.45) is 3.52. The molecule has 0 aliphatic carbocycles. The maximum Gasteiger partial charge on any atom is 0.407 e. The van der Waals surface area contributed by atoms with E-state index in [1.54, 1.807) is 62.1 Å². The summed E-state index contributed by atoms with van der Waals surface area (Å²) in [4.78, 5) is 11.9. The zero-order valence-corrected chi connectivity index (χ0v) is 26.1. The number of aromatic amines is 1. The van der Waals surface area contributed by atoms with E-state index in [1.165, 1.54) is 13.2 Å². The summed E-state index contributed by atoms with van der Waals surface area (Å²) in [6, 6.07) is 8.36. The Morgan fingerprint density at radius 1 is 1.11 bits per heavy atom. The number of amides is 1. The second kappa shape index (κ2) is 12.8. The molecule has 0 spiro atoms. The van der Waals surface area contributed by atoms with Crippen LogP contribution in [-0.4, -0.2) is 62.8 Å². The Morgan fingerprint density at radius 2 is 1.93 bits per heavy atom. The highest BCUT2D eigenvalue weighted by atomic mass is 32.2. The number of nitrogens with one attached hydrogen (secondary N) is 3. The zero-order valence-electron chi connectivity index (χ0n) is 25.3. The zero-order chi connectivity index (χ0) is 32.2. The number of methoxy groups -OCH3 is 1. The van der Waals surface area contributed by atoms with Gasteiger partial charge in [0, 0.05) is 18.3 Å². The molecule has 0 unspecified atom stereocenters. The maximum atomic E-state index is 13.7. The molecule has 17 heteroatoms. The van der Waals surface area contributed by atoms with Crippen molar-refractivity contribution in [1.82, 2.24) is 40.9 Å².